The average Bonchev–Trinajstić information content (AvgIpc) is 2.64. The van der Waals surface area contributed by atoms with Gasteiger partial charge in [-0.2, -0.15) is 0 Å². The van der Waals surface area contributed by atoms with E-state index in [0.717, 1.165) is 0 Å². The number of aromatic carboxylic acids is 1. The van der Waals surface area contributed by atoms with Gasteiger partial charge in [-0.05, 0) is 25.1 Å². The second-order valence-electron chi connectivity index (χ2n) is 3.98. The number of hydrogen-bond acceptors (Lipinski definition) is 1. The van der Waals surface area contributed by atoms with Crippen LogP contribution in [0.2, 0.25) is 5.02 Å². The lowest BCUT2D eigenvalue weighted by Gasteiger charge is -2.08. The number of aromatic nitrogens is 1. The van der Waals surface area contributed by atoms with Gasteiger partial charge in [-0.3, -0.25) is 0 Å². The zero-order valence-electron chi connectivity index (χ0n) is 9.65. The number of halogens is 2. The van der Waals surface area contributed by atoms with Crippen LogP contribution in [-0.2, 0) is 6.54 Å². The molecule has 0 spiro atoms. The maximum absolute atomic E-state index is 13.6. The first kappa shape index (κ1) is 12.6. The smallest absolute Gasteiger partial charge is 0.337 e. The molecule has 0 aliphatic carbocycles. The monoisotopic (exact) mass is 267 g/mol. The van der Waals surface area contributed by atoms with Gasteiger partial charge in [0.2, 0.25) is 0 Å². The van der Waals surface area contributed by atoms with Crippen LogP contribution in [0.4, 0.5) is 4.39 Å². The normalized spacial score (nSPS) is 10.6. The highest BCUT2D eigenvalue weighted by Gasteiger charge is 2.12. The van der Waals surface area contributed by atoms with E-state index >= 15 is 0 Å². The Labute approximate surface area is 108 Å². The van der Waals surface area contributed by atoms with Gasteiger partial charge in [0.05, 0.1) is 12.1 Å². The standard InChI is InChI=1S/C13H11ClFNO2/c1-8-11(13(17)18)4-5-16(8)7-9-2-3-10(14)6-12(9)15/h2-6H,7H2,1H3,(H,17,18). The lowest BCUT2D eigenvalue weighted by atomic mass is 10.2. The van der Waals surface area contributed by atoms with E-state index in [0.29, 0.717) is 16.3 Å². The summed E-state index contributed by atoms with van der Waals surface area (Å²) in [6.45, 7) is 1.97. The molecule has 1 N–H and O–H groups in total. The van der Waals surface area contributed by atoms with Crippen molar-refractivity contribution >= 4 is 17.6 Å². The SMILES string of the molecule is Cc1c(C(=O)O)ccn1Cc1ccc(Cl)cc1F. The van der Waals surface area contributed by atoms with Crippen LogP contribution in [0, 0.1) is 12.7 Å². The minimum Gasteiger partial charge on any atom is -0.478 e. The van der Waals surface area contributed by atoms with Crippen LogP contribution in [0.5, 0.6) is 0 Å². The van der Waals surface area contributed by atoms with E-state index in [1.807, 2.05) is 0 Å². The molecular weight excluding hydrogens is 257 g/mol. The number of carboxylic acids is 1. The highest BCUT2D eigenvalue weighted by molar-refractivity contribution is 6.30. The van der Waals surface area contributed by atoms with Crippen molar-refractivity contribution in [3.8, 4) is 0 Å². The minimum atomic E-state index is -0.983. The third-order valence-electron chi connectivity index (χ3n) is 2.83. The number of carboxylic acid groups (broad SMARTS) is 1. The molecule has 2 aromatic rings. The van der Waals surface area contributed by atoms with Crippen LogP contribution >= 0.6 is 11.6 Å². The molecule has 18 heavy (non-hydrogen) atoms. The number of carbonyl (C=O) groups is 1. The summed E-state index contributed by atoms with van der Waals surface area (Å²) in [6, 6.07) is 5.95. The summed E-state index contributed by atoms with van der Waals surface area (Å²) in [5.74, 6) is -1.38. The fourth-order valence-corrected chi connectivity index (χ4v) is 1.94. The van der Waals surface area contributed by atoms with E-state index < -0.39 is 11.8 Å². The molecule has 0 aliphatic heterocycles. The molecule has 0 saturated carbocycles. The molecule has 3 nitrogen and oxygen atoms in total. The molecule has 0 amide bonds. The van der Waals surface area contributed by atoms with Crippen molar-refractivity contribution in [2.45, 2.75) is 13.5 Å². The van der Waals surface area contributed by atoms with Crippen molar-refractivity contribution in [1.82, 2.24) is 4.57 Å². The van der Waals surface area contributed by atoms with Gasteiger partial charge in [0, 0.05) is 22.5 Å². The molecule has 5 heteroatoms. The second-order valence-corrected chi connectivity index (χ2v) is 4.42. The van der Waals surface area contributed by atoms with Gasteiger partial charge >= 0.3 is 5.97 Å². The summed E-state index contributed by atoms with van der Waals surface area (Å²) in [5, 5.41) is 9.27. The summed E-state index contributed by atoms with van der Waals surface area (Å²) < 4.78 is 15.3. The average molecular weight is 268 g/mol. The molecule has 1 heterocycles. The molecule has 0 unspecified atom stereocenters. The molecule has 0 atom stereocenters. The third-order valence-corrected chi connectivity index (χ3v) is 3.06. The van der Waals surface area contributed by atoms with Gasteiger partial charge in [-0.1, -0.05) is 17.7 Å². The van der Waals surface area contributed by atoms with Crippen LogP contribution in [0.25, 0.3) is 0 Å². The van der Waals surface area contributed by atoms with Crippen LogP contribution < -0.4 is 0 Å². The Hall–Kier alpha value is -1.81. The molecular formula is C13H11ClFNO2. The van der Waals surface area contributed by atoms with Crippen molar-refractivity contribution in [3.63, 3.8) is 0 Å². The molecule has 1 aromatic carbocycles. The maximum Gasteiger partial charge on any atom is 0.337 e. The maximum atomic E-state index is 13.6. The van der Waals surface area contributed by atoms with Crippen molar-refractivity contribution < 1.29 is 14.3 Å². The molecule has 94 valence electrons. The Balaban J connectivity index is 2.32. The number of hydrogen-bond donors (Lipinski definition) is 1. The summed E-state index contributed by atoms with van der Waals surface area (Å²) in [4.78, 5) is 10.9. The quantitative estimate of drug-likeness (QED) is 0.927. The van der Waals surface area contributed by atoms with Crippen LogP contribution in [0.1, 0.15) is 21.6 Å². The Morgan fingerprint density at radius 1 is 1.44 bits per heavy atom. The molecule has 0 saturated heterocycles. The lowest BCUT2D eigenvalue weighted by Crippen LogP contribution is -2.05. The summed E-state index contributed by atoms with van der Waals surface area (Å²) in [7, 11) is 0. The first-order chi connectivity index (χ1) is 8.49. The highest BCUT2D eigenvalue weighted by atomic mass is 35.5. The van der Waals surface area contributed by atoms with Gasteiger partial charge in [-0.25, -0.2) is 9.18 Å². The Kier molecular flexibility index (Phi) is 3.39. The number of benzene rings is 1. The van der Waals surface area contributed by atoms with Crippen LogP contribution in [0.15, 0.2) is 30.5 Å². The lowest BCUT2D eigenvalue weighted by molar-refractivity contribution is 0.0696. The van der Waals surface area contributed by atoms with E-state index in [1.54, 1.807) is 29.8 Å². The fraction of sp³-hybridized carbons (Fsp3) is 0.154. The zero-order valence-corrected chi connectivity index (χ0v) is 10.4. The van der Waals surface area contributed by atoms with Crippen molar-refractivity contribution in [3.05, 3.63) is 58.1 Å². The van der Waals surface area contributed by atoms with Crippen LogP contribution in [0.3, 0.4) is 0 Å². The molecule has 0 fully saturated rings. The first-order valence-corrected chi connectivity index (χ1v) is 5.70. The predicted octanol–water partition coefficient (Wildman–Crippen LogP) is 3.34. The third kappa shape index (κ3) is 2.38. The van der Waals surface area contributed by atoms with Gasteiger partial charge in [0.1, 0.15) is 5.82 Å². The van der Waals surface area contributed by atoms with E-state index in [2.05, 4.69) is 0 Å². The van der Waals surface area contributed by atoms with Crippen molar-refractivity contribution in [2.75, 3.05) is 0 Å². The minimum absolute atomic E-state index is 0.226. The van der Waals surface area contributed by atoms with Crippen molar-refractivity contribution in [2.24, 2.45) is 0 Å². The van der Waals surface area contributed by atoms with Gasteiger partial charge in [0.15, 0.2) is 0 Å². The van der Waals surface area contributed by atoms with Crippen LogP contribution in [-0.4, -0.2) is 15.6 Å². The van der Waals surface area contributed by atoms with E-state index in [9.17, 15) is 9.18 Å². The Morgan fingerprint density at radius 2 is 2.17 bits per heavy atom. The molecule has 0 aliphatic rings. The Bertz CT molecular complexity index is 607. The Morgan fingerprint density at radius 3 is 2.72 bits per heavy atom. The summed E-state index contributed by atoms with van der Waals surface area (Å²) >= 11 is 5.67. The molecule has 0 radical (unpaired) electrons. The van der Waals surface area contributed by atoms with E-state index in [1.165, 1.54) is 12.1 Å². The van der Waals surface area contributed by atoms with Gasteiger partial charge in [0.25, 0.3) is 0 Å². The second kappa shape index (κ2) is 4.82. The van der Waals surface area contributed by atoms with Gasteiger partial charge in [-0.15, -0.1) is 0 Å². The first-order valence-electron chi connectivity index (χ1n) is 5.32. The number of rotatable bonds is 3. The van der Waals surface area contributed by atoms with Gasteiger partial charge < -0.3 is 9.67 Å². The zero-order chi connectivity index (χ0) is 13.3. The molecule has 2 rings (SSSR count). The van der Waals surface area contributed by atoms with E-state index in [4.69, 9.17) is 16.7 Å². The summed E-state index contributed by atoms with van der Waals surface area (Å²) in [6.07, 6.45) is 1.63. The fourth-order valence-electron chi connectivity index (χ4n) is 1.78. The molecule has 0 bridgehead atoms. The van der Waals surface area contributed by atoms with Crippen molar-refractivity contribution in [1.29, 1.82) is 0 Å². The largest absolute Gasteiger partial charge is 0.478 e. The van der Waals surface area contributed by atoms with E-state index in [-0.39, 0.29) is 12.1 Å². The molecule has 1 aromatic heterocycles. The summed E-state index contributed by atoms with van der Waals surface area (Å²) in [5.41, 5.74) is 1.29. The predicted molar refractivity (Wildman–Crippen MR) is 66.6 cm³/mol. The highest BCUT2D eigenvalue weighted by Crippen LogP contribution is 2.18. The topological polar surface area (TPSA) is 42.2 Å². The number of nitrogens with zero attached hydrogens (tertiary/aromatic N) is 1.